The zero-order chi connectivity index (χ0) is 15.2. The predicted molar refractivity (Wildman–Crippen MR) is 93.0 cm³/mol. The molecule has 1 nitrogen and oxygen atoms in total. The number of halogens is 3. The van der Waals surface area contributed by atoms with Gasteiger partial charge in [-0.15, -0.1) is 0 Å². The van der Waals surface area contributed by atoms with Gasteiger partial charge >= 0.3 is 0 Å². The summed E-state index contributed by atoms with van der Waals surface area (Å²) in [6.45, 7) is 3.03. The van der Waals surface area contributed by atoms with Gasteiger partial charge in [0.2, 0.25) is 0 Å². The zero-order valence-corrected chi connectivity index (χ0v) is 15.0. The minimum absolute atomic E-state index is 0.0932. The third kappa shape index (κ3) is 4.90. The maximum Gasteiger partial charge on any atom is 0.126 e. The van der Waals surface area contributed by atoms with Crippen LogP contribution in [0.4, 0.5) is 4.39 Å². The van der Waals surface area contributed by atoms with Gasteiger partial charge in [-0.2, -0.15) is 0 Å². The highest BCUT2D eigenvalue weighted by atomic mass is 79.9. The number of rotatable bonds is 6. The molecule has 0 saturated heterocycles. The van der Waals surface area contributed by atoms with E-state index in [9.17, 15) is 4.39 Å². The van der Waals surface area contributed by atoms with E-state index in [1.54, 1.807) is 6.07 Å². The van der Waals surface area contributed by atoms with Crippen LogP contribution in [0.3, 0.4) is 0 Å². The molecule has 1 unspecified atom stereocenters. The second-order valence-corrected chi connectivity index (χ2v) is 6.84. The Bertz CT molecular complexity index is 581. The molecule has 0 aromatic heterocycles. The normalized spacial score (nSPS) is 12.4. The van der Waals surface area contributed by atoms with Crippen LogP contribution in [0.25, 0.3) is 0 Å². The quantitative estimate of drug-likeness (QED) is 0.645. The average Bonchev–Trinajstić information content (AvgIpc) is 2.44. The van der Waals surface area contributed by atoms with E-state index in [1.807, 2.05) is 18.2 Å². The Kier molecular flexibility index (Phi) is 6.40. The van der Waals surface area contributed by atoms with Crippen molar-refractivity contribution in [3.8, 4) is 0 Å². The van der Waals surface area contributed by atoms with Crippen molar-refractivity contribution in [1.29, 1.82) is 0 Å². The van der Waals surface area contributed by atoms with E-state index in [4.69, 9.17) is 0 Å². The van der Waals surface area contributed by atoms with Crippen LogP contribution in [-0.2, 0) is 6.42 Å². The molecule has 0 aliphatic heterocycles. The first kappa shape index (κ1) is 16.7. The summed E-state index contributed by atoms with van der Waals surface area (Å²) in [6, 6.07) is 13.2. The fourth-order valence-electron chi connectivity index (χ4n) is 2.29. The Morgan fingerprint density at radius 2 is 1.76 bits per heavy atom. The highest BCUT2D eigenvalue weighted by molar-refractivity contribution is 9.11. The second kappa shape index (κ2) is 8.06. The SMILES string of the molecule is CCCNC(Cc1ccccc1F)c1cc(Br)cc(Br)c1. The van der Waals surface area contributed by atoms with Crippen LogP contribution >= 0.6 is 31.9 Å². The lowest BCUT2D eigenvalue weighted by Gasteiger charge is -2.20. The summed E-state index contributed by atoms with van der Waals surface area (Å²) in [5.74, 6) is -0.144. The van der Waals surface area contributed by atoms with Gasteiger partial charge < -0.3 is 5.32 Å². The third-order valence-electron chi connectivity index (χ3n) is 3.31. The van der Waals surface area contributed by atoms with Crippen molar-refractivity contribution >= 4 is 31.9 Å². The highest BCUT2D eigenvalue weighted by Gasteiger charge is 2.15. The number of hydrogen-bond acceptors (Lipinski definition) is 1. The van der Waals surface area contributed by atoms with E-state index >= 15 is 0 Å². The number of nitrogens with one attached hydrogen (secondary N) is 1. The molecule has 0 fully saturated rings. The summed E-state index contributed by atoms with van der Waals surface area (Å²) >= 11 is 7.04. The van der Waals surface area contributed by atoms with Crippen molar-refractivity contribution in [2.45, 2.75) is 25.8 Å². The van der Waals surface area contributed by atoms with Gasteiger partial charge in [-0.25, -0.2) is 4.39 Å². The molecular weight excluding hydrogens is 397 g/mol. The highest BCUT2D eigenvalue weighted by Crippen LogP contribution is 2.27. The summed E-state index contributed by atoms with van der Waals surface area (Å²) in [4.78, 5) is 0. The maximum atomic E-state index is 13.9. The molecule has 2 aromatic carbocycles. The molecule has 0 aliphatic carbocycles. The van der Waals surface area contributed by atoms with Crippen molar-refractivity contribution < 1.29 is 4.39 Å². The van der Waals surface area contributed by atoms with E-state index in [1.165, 1.54) is 6.07 Å². The van der Waals surface area contributed by atoms with Crippen molar-refractivity contribution in [2.75, 3.05) is 6.54 Å². The topological polar surface area (TPSA) is 12.0 Å². The van der Waals surface area contributed by atoms with Crippen LogP contribution in [-0.4, -0.2) is 6.54 Å². The minimum atomic E-state index is -0.144. The molecule has 1 N–H and O–H groups in total. The first-order chi connectivity index (χ1) is 10.1. The summed E-state index contributed by atoms with van der Waals surface area (Å²) in [6.07, 6.45) is 1.68. The van der Waals surface area contributed by atoms with E-state index in [2.05, 4.69) is 56.2 Å². The number of hydrogen-bond donors (Lipinski definition) is 1. The van der Waals surface area contributed by atoms with Crippen LogP contribution in [0.2, 0.25) is 0 Å². The lowest BCUT2D eigenvalue weighted by molar-refractivity contribution is 0.512. The van der Waals surface area contributed by atoms with Crippen molar-refractivity contribution in [3.63, 3.8) is 0 Å². The lowest BCUT2D eigenvalue weighted by atomic mass is 9.98. The first-order valence-electron chi connectivity index (χ1n) is 7.03. The molecule has 0 amide bonds. The molecule has 0 heterocycles. The molecule has 1 atom stereocenters. The Morgan fingerprint density at radius 1 is 1.10 bits per heavy atom. The minimum Gasteiger partial charge on any atom is -0.310 e. The summed E-state index contributed by atoms with van der Waals surface area (Å²) in [5, 5.41) is 3.51. The van der Waals surface area contributed by atoms with Crippen molar-refractivity contribution in [2.24, 2.45) is 0 Å². The molecule has 2 aromatic rings. The van der Waals surface area contributed by atoms with Gasteiger partial charge in [0.1, 0.15) is 5.82 Å². The second-order valence-electron chi connectivity index (χ2n) is 5.01. The summed E-state index contributed by atoms with van der Waals surface area (Å²) < 4.78 is 15.9. The van der Waals surface area contributed by atoms with Gasteiger partial charge in [0.05, 0.1) is 0 Å². The monoisotopic (exact) mass is 413 g/mol. The van der Waals surface area contributed by atoms with Gasteiger partial charge in [-0.3, -0.25) is 0 Å². The van der Waals surface area contributed by atoms with Crippen LogP contribution in [0.15, 0.2) is 51.4 Å². The fourth-order valence-corrected chi connectivity index (χ4v) is 3.62. The Balaban J connectivity index is 2.27. The van der Waals surface area contributed by atoms with E-state index in [0.717, 1.165) is 33.0 Å². The van der Waals surface area contributed by atoms with E-state index < -0.39 is 0 Å². The molecule has 0 radical (unpaired) electrons. The average molecular weight is 415 g/mol. The Labute approximate surface area is 142 Å². The van der Waals surface area contributed by atoms with Gasteiger partial charge in [0, 0.05) is 15.0 Å². The van der Waals surface area contributed by atoms with E-state index in [0.29, 0.717) is 6.42 Å². The third-order valence-corrected chi connectivity index (χ3v) is 4.23. The smallest absolute Gasteiger partial charge is 0.126 e. The van der Waals surface area contributed by atoms with Crippen molar-refractivity contribution in [1.82, 2.24) is 5.32 Å². The molecule has 0 saturated carbocycles. The Hall–Kier alpha value is -0.710. The van der Waals surface area contributed by atoms with E-state index in [-0.39, 0.29) is 11.9 Å². The largest absolute Gasteiger partial charge is 0.310 e. The van der Waals surface area contributed by atoms with Gasteiger partial charge in [-0.1, -0.05) is 57.0 Å². The molecule has 0 bridgehead atoms. The predicted octanol–water partition coefficient (Wildman–Crippen LogP) is 5.63. The lowest BCUT2D eigenvalue weighted by Crippen LogP contribution is -2.24. The molecule has 21 heavy (non-hydrogen) atoms. The summed E-state index contributed by atoms with van der Waals surface area (Å²) in [5.41, 5.74) is 1.88. The fraction of sp³-hybridized carbons (Fsp3) is 0.294. The standard InChI is InChI=1S/C17H18Br2FN/c1-2-7-21-17(10-12-5-3-4-6-16(12)20)13-8-14(18)11-15(19)9-13/h3-6,8-9,11,17,21H,2,7,10H2,1H3. The van der Waals surface area contributed by atoms with Crippen LogP contribution in [0.1, 0.15) is 30.5 Å². The molecule has 0 spiro atoms. The molecule has 4 heteroatoms. The molecular formula is C17H18Br2FN. The van der Waals surface area contributed by atoms with Gasteiger partial charge in [0.15, 0.2) is 0 Å². The van der Waals surface area contributed by atoms with Crippen LogP contribution in [0, 0.1) is 5.82 Å². The molecule has 0 aliphatic rings. The molecule has 112 valence electrons. The summed E-state index contributed by atoms with van der Waals surface area (Å²) in [7, 11) is 0. The van der Waals surface area contributed by atoms with Gasteiger partial charge in [-0.05, 0) is 54.8 Å². The Morgan fingerprint density at radius 3 is 2.38 bits per heavy atom. The first-order valence-corrected chi connectivity index (χ1v) is 8.61. The van der Waals surface area contributed by atoms with Crippen LogP contribution in [0.5, 0.6) is 0 Å². The zero-order valence-electron chi connectivity index (χ0n) is 11.9. The van der Waals surface area contributed by atoms with Gasteiger partial charge in [0.25, 0.3) is 0 Å². The van der Waals surface area contributed by atoms with Crippen molar-refractivity contribution in [3.05, 3.63) is 68.4 Å². The van der Waals surface area contributed by atoms with Crippen LogP contribution < -0.4 is 5.32 Å². The maximum absolute atomic E-state index is 13.9. The molecule has 2 rings (SSSR count). The number of benzene rings is 2.